The smallest absolute Gasteiger partial charge is 0.166 e. The van der Waals surface area contributed by atoms with E-state index in [1.807, 2.05) is 13.1 Å². The summed E-state index contributed by atoms with van der Waals surface area (Å²) in [6.45, 7) is 7.02. The minimum absolute atomic E-state index is 0.741. The zero-order valence-corrected chi connectivity index (χ0v) is 10.8. The molecule has 0 radical (unpaired) electrons. The predicted molar refractivity (Wildman–Crippen MR) is 72.1 cm³/mol. The van der Waals surface area contributed by atoms with Crippen LogP contribution in [0, 0.1) is 5.92 Å². The first-order valence-electron chi connectivity index (χ1n) is 5.81. The molecule has 2 nitrogen and oxygen atoms in total. The van der Waals surface area contributed by atoms with Crippen LogP contribution in [0.4, 0.5) is 0 Å². The second-order valence-corrected chi connectivity index (χ2v) is 4.24. The molecule has 1 unspecified atom stereocenters. The first kappa shape index (κ1) is 14.4. The lowest BCUT2D eigenvalue weighted by Gasteiger charge is -2.14. The van der Waals surface area contributed by atoms with Gasteiger partial charge in [-0.25, -0.2) is 0 Å². The molecule has 0 aliphatic heterocycles. The molecule has 1 atom stereocenters. The van der Waals surface area contributed by atoms with Crippen LogP contribution in [0.3, 0.4) is 0 Å². The summed E-state index contributed by atoms with van der Waals surface area (Å²) >= 11 is 5.00. The lowest BCUT2D eigenvalue weighted by atomic mass is 9.94. The molecule has 0 aliphatic carbocycles. The van der Waals surface area contributed by atoms with Crippen LogP contribution in [-0.2, 0) is 0 Å². The Morgan fingerprint density at radius 3 is 2.73 bits per heavy atom. The van der Waals surface area contributed by atoms with Gasteiger partial charge in [-0.15, -0.1) is 6.58 Å². The number of hydrogen-bond donors (Lipinski definition) is 2. The number of thiocarbonyl (C=S) groups is 1. The monoisotopic (exact) mass is 228 g/mol. The Labute approximate surface area is 99.5 Å². The first-order chi connectivity index (χ1) is 7.24. The number of allylic oxidation sites excluding steroid dienone is 1. The van der Waals surface area contributed by atoms with Gasteiger partial charge in [-0.2, -0.15) is 0 Å². The van der Waals surface area contributed by atoms with Gasteiger partial charge in [0, 0.05) is 13.6 Å². The van der Waals surface area contributed by atoms with E-state index in [9.17, 15) is 0 Å². The summed E-state index contributed by atoms with van der Waals surface area (Å²) in [4.78, 5) is 0. The molecule has 0 aliphatic rings. The van der Waals surface area contributed by atoms with Crippen molar-refractivity contribution in [2.24, 2.45) is 5.92 Å². The van der Waals surface area contributed by atoms with E-state index >= 15 is 0 Å². The zero-order valence-electron chi connectivity index (χ0n) is 10.0. The molecule has 88 valence electrons. The maximum Gasteiger partial charge on any atom is 0.166 e. The highest BCUT2D eigenvalue weighted by Crippen LogP contribution is 2.17. The van der Waals surface area contributed by atoms with E-state index in [1.54, 1.807) is 0 Å². The van der Waals surface area contributed by atoms with Crippen molar-refractivity contribution in [2.75, 3.05) is 13.6 Å². The van der Waals surface area contributed by atoms with E-state index in [4.69, 9.17) is 12.2 Å². The maximum atomic E-state index is 5.00. The Balaban J connectivity index is 3.52. The Morgan fingerprint density at radius 1 is 1.47 bits per heavy atom. The van der Waals surface area contributed by atoms with E-state index < -0.39 is 0 Å². The van der Waals surface area contributed by atoms with Gasteiger partial charge in [-0.05, 0) is 37.4 Å². The molecule has 0 aromatic heterocycles. The Kier molecular flexibility index (Phi) is 9.59. The molecule has 0 spiro atoms. The third kappa shape index (κ3) is 8.43. The first-order valence-corrected chi connectivity index (χ1v) is 6.21. The summed E-state index contributed by atoms with van der Waals surface area (Å²) in [6, 6.07) is 0. The summed E-state index contributed by atoms with van der Waals surface area (Å²) in [6.07, 6.45) is 8.19. The van der Waals surface area contributed by atoms with Crippen molar-refractivity contribution in [3.05, 3.63) is 12.7 Å². The van der Waals surface area contributed by atoms with Crippen molar-refractivity contribution in [3.8, 4) is 0 Å². The number of nitrogens with one attached hydrogen (secondary N) is 2. The quantitative estimate of drug-likeness (QED) is 0.379. The van der Waals surface area contributed by atoms with Crippen LogP contribution in [0.2, 0.25) is 0 Å². The SMILES string of the molecule is C=CCC(CCC)CCCNC(=S)NC. The number of rotatable bonds is 8. The van der Waals surface area contributed by atoms with E-state index in [-0.39, 0.29) is 0 Å². The van der Waals surface area contributed by atoms with Gasteiger partial charge < -0.3 is 10.6 Å². The average Bonchev–Trinajstić information content (AvgIpc) is 2.24. The molecule has 0 saturated carbocycles. The zero-order chi connectivity index (χ0) is 11.5. The fourth-order valence-electron chi connectivity index (χ4n) is 1.71. The normalized spacial score (nSPS) is 11.9. The van der Waals surface area contributed by atoms with E-state index in [2.05, 4.69) is 24.1 Å². The van der Waals surface area contributed by atoms with Crippen molar-refractivity contribution in [3.63, 3.8) is 0 Å². The summed E-state index contributed by atoms with van der Waals surface area (Å²) in [5.41, 5.74) is 0. The topological polar surface area (TPSA) is 24.1 Å². The molecule has 0 amide bonds. The molecule has 3 heteroatoms. The van der Waals surface area contributed by atoms with Crippen LogP contribution in [0.25, 0.3) is 0 Å². The summed E-state index contributed by atoms with van der Waals surface area (Å²) in [7, 11) is 1.84. The third-order valence-electron chi connectivity index (χ3n) is 2.50. The van der Waals surface area contributed by atoms with Gasteiger partial charge in [0.2, 0.25) is 0 Å². The minimum atomic E-state index is 0.741. The van der Waals surface area contributed by atoms with Crippen LogP contribution >= 0.6 is 12.2 Å². The van der Waals surface area contributed by atoms with Gasteiger partial charge in [0.05, 0.1) is 0 Å². The average molecular weight is 228 g/mol. The second kappa shape index (κ2) is 9.97. The largest absolute Gasteiger partial charge is 0.366 e. The second-order valence-electron chi connectivity index (χ2n) is 3.83. The molecule has 15 heavy (non-hydrogen) atoms. The van der Waals surface area contributed by atoms with Crippen LogP contribution in [0.5, 0.6) is 0 Å². The van der Waals surface area contributed by atoms with Crippen molar-refractivity contribution in [1.29, 1.82) is 0 Å². The Bertz CT molecular complexity index is 180. The highest BCUT2D eigenvalue weighted by Gasteiger charge is 2.05. The van der Waals surface area contributed by atoms with Gasteiger partial charge >= 0.3 is 0 Å². The molecule has 0 saturated heterocycles. The van der Waals surface area contributed by atoms with Gasteiger partial charge in [0.15, 0.2) is 5.11 Å². The molecule has 0 heterocycles. The van der Waals surface area contributed by atoms with Crippen LogP contribution in [0.1, 0.15) is 39.0 Å². The fraction of sp³-hybridized carbons (Fsp3) is 0.750. The van der Waals surface area contributed by atoms with Gasteiger partial charge in [0.1, 0.15) is 0 Å². The summed E-state index contributed by atoms with van der Waals surface area (Å²) in [5.74, 6) is 0.803. The molecule has 0 fully saturated rings. The third-order valence-corrected chi connectivity index (χ3v) is 2.85. The molecular formula is C12H24N2S. The van der Waals surface area contributed by atoms with Crippen molar-refractivity contribution < 1.29 is 0 Å². The lowest BCUT2D eigenvalue weighted by Crippen LogP contribution is -2.33. The fourth-order valence-corrected chi connectivity index (χ4v) is 1.81. The van der Waals surface area contributed by atoms with Gasteiger partial charge in [-0.3, -0.25) is 0 Å². The highest BCUT2D eigenvalue weighted by atomic mass is 32.1. The van der Waals surface area contributed by atoms with Crippen molar-refractivity contribution in [1.82, 2.24) is 10.6 Å². The molecular weight excluding hydrogens is 204 g/mol. The minimum Gasteiger partial charge on any atom is -0.366 e. The predicted octanol–water partition coefficient (Wildman–Crippen LogP) is 2.85. The summed E-state index contributed by atoms with van der Waals surface area (Å²) in [5, 5.41) is 6.82. The highest BCUT2D eigenvalue weighted by molar-refractivity contribution is 7.80. The van der Waals surface area contributed by atoms with Crippen LogP contribution in [0.15, 0.2) is 12.7 Å². The van der Waals surface area contributed by atoms with Gasteiger partial charge in [0.25, 0.3) is 0 Å². The Hall–Kier alpha value is -0.570. The molecule has 0 aromatic carbocycles. The molecule has 0 bridgehead atoms. The van der Waals surface area contributed by atoms with E-state index in [0.29, 0.717) is 0 Å². The van der Waals surface area contributed by atoms with E-state index in [1.165, 1.54) is 25.7 Å². The van der Waals surface area contributed by atoms with E-state index in [0.717, 1.165) is 24.0 Å². The standard InChI is InChI=1S/C12H24N2S/c1-4-7-11(8-5-2)9-6-10-14-12(15)13-3/h4,11H,1,5-10H2,2-3H3,(H2,13,14,15). The lowest BCUT2D eigenvalue weighted by molar-refractivity contribution is 0.436. The molecule has 2 N–H and O–H groups in total. The Morgan fingerprint density at radius 2 is 2.20 bits per heavy atom. The van der Waals surface area contributed by atoms with Crippen LogP contribution in [-0.4, -0.2) is 18.7 Å². The van der Waals surface area contributed by atoms with Gasteiger partial charge in [-0.1, -0.05) is 25.8 Å². The summed E-state index contributed by atoms with van der Waals surface area (Å²) < 4.78 is 0. The van der Waals surface area contributed by atoms with Crippen molar-refractivity contribution in [2.45, 2.75) is 39.0 Å². The molecule has 0 aromatic rings. The van der Waals surface area contributed by atoms with Crippen molar-refractivity contribution >= 4 is 17.3 Å². The number of hydrogen-bond acceptors (Lipinski definition) is 1. The maximum absolute atomic E-state index is 5.00. The van der Waals surface area contributed by atoms with Crippen LogP contribution < -0.4 is 10.6 Å². The molecule has 0 rings (SSSR count).